The monoisotopic (exact) mass is 423 g/mol. The van der Waals surface area contributed by atoms with Crippen molar-refractivity contribution in [3.8, 4) is 0 Å². The zero-order chi connectivity index (χ0) is 22.0. The molecular weight excluding hydrogens is 390 g/mol. The summed E-state index contributed by atoms with van der Waals surface area (Å²) in [6, 6.07) is 7.86. The van der Waals surface area contributed by atoms with E-state index in [0.29, 0.717) is 17.6 Å². The molecule has 7 nitrogen and oxygen atoms in total. The highest BCUT2D eigenvalue weighted by Gasteiger charge is 2.20. The lowest BCUT2D eigenvalue weighted by Crippen LogP contribution is -2.47. The Bertz CT molecular complexity index is 1140. The average Bonchev–Trinajstić information content (AvgIpc) is 3.08. The van der Waals surface area contributed by atoms with Gasteiger partial charge in [-0.3, -0.25) is 9.59 Å². The molecule has 1 aliphatic rings. The number of aryl methyl sites for hydroxylation is 2. The van der Waals surface area contributed by atoms with Crippen LogP contribution in [0.3, 0.4) is 0 Å². The van der Waals surface area contributed by atoms with Gasteiger partial charge in [0.15, 0.2) is 0 Å². The molecule has 0 spiro atoms. The molecule has 7 heteroatoms. The predicted molar refractivity (Wildman–Crippen MR) is 126 cm³/mol. The molecule has 166 valence electrons. The van der Waals surface area contributed by atoms with Crippen LogP contribution >= 0.6 is 0 Å². The third kappa shape index (κ3) is 4.25. The molecule has 4 rings (SSSR count). The summed E-state index contributed by atoms with van der Waals surface area (Å²) in [7, 11) is 3.59. The van der Waals surface area contributed by atoms with Crippen LogP contribution in [0, 0.1) is 0 Å². The number of piperazine rings is 1. The van der Waals surface area contributed by atoms with E-state index in [2.05, 4.69) is 22.0 Å². The topological polar surface area (TPSA) is 62.5 Å². The number of pyridine rings is 1. The Balaban J connectivity index is 1.45. The highest BCUT2D eigenvalue weighted by atomic mass is 16.2. The van der Waals surface area contributed by atoms with E-state index in [1.807, 2.05) is 35.9 Å². The number of amides is 1. The first-order valence-electron chi connectivity index (χ1n) is 11.3. The Kier molecular flexibility index (Phi) is 6.43. The molecule has 3 aromatic rings. The van der Waals surface area contributed by atoms with Crippen molar-refractivity contribution in [3.05, 3.63) is 46.4 Å². The molecule has 0 unspecified atom stereocenters. The van der Waals surface area contributed by atoms with Crippen molar-refractivity contribution < 1.29 is 4.79 Å². The molecule has 1 aromatic carbocycles. The maximum Gasteiger partial charge on any atom is 0.274 e. The summed E-state index contributed by atoms with van der Waals surface area (Å²) in [6.07, 6.45) is 3.80. The van der Waals surface area contributed by atoms with Crippen molar-refractivity contribution in [2.45, 2.75) is 19.8 Å². The first kappa shape index (κ1) is 21.6. The number of nitrogens with one attached hydrogen (secondary N) is 1. The largest absolute Gasteiger partial charge is 0.352 e. The summed E-state index contributed by atoms with van der Waals surface area (Å²) in [5.41, 5.74) is 1.99. The second-order valence-corrected chi connectivity index (χ2v) is 8.55. The predicted octanol–water partition coefficient (Wildman–Crippen LogP) is 2.18. The van der Waals surface area contributed by atoms with Gasteiger partial charge >= 0.3 is 0 Å². The maximum absolute atomic E-state index is 13.1. The van der Waals surface area contributed by atoms with Crippen LogP contribution in [0.1, 0.15) is 30.1 Å². The maximum atomic E-state index is 13.1. The van der Waals surface area contributed by atoms with Crippen molar-refractivity contribution in [2.75, 3.05) is 45.8 Å². The third-order valence-electron chi connectivity index (χ3n) is 6.41. The molecule has 0 radical (unpaired) electrons. The number of rotatable bonds is 7. The second-order valence-electron chi connectivity index (χ2n) is 8.55. The van der Waals surface area contributed by atoms with Gasteiger partial charge < -0.3 is 24.3 Å². The Morgan fingerprint density at radius 3 is 2.42 bits per heavy atom. The van der Waals surface area contributed by atoms with E-state index in [4.69, 9.17) is 0 Å². The van der Waals surface area contributed by atoms with Crippen LogP contribution < -0.4 is 10.9 Å². The zero-order valence-corrected chi connectivity index (χ0v) is 18.9. The number of fused-ring (bicyclic) bond motifs is 3. The van der Waals surface area contributed by atoms with Crippen LogP contribution in [0.2, 0.25) is 0 Å². The first-order valence-corrected chi connectivity index (χ1v) is 11.3. The number of carbonyl (C=O) groups excluding carboxylic acids is 1. The van der Waals surface area contributed by atoms with Gasteiger partial charge in [0.2, 0.25) is 0 Å². The standard InChI is InChI=1S/C24H33N5O2/c1-4-11-28-13-15-29(16-14-28)12-7-10-25-23(30)19-17-26(2)24(31)22-21(19)18-8-5-6-9-20(18)27(22)3/h5-6,8-9,17H,4,7,10-16H2,1-3H3,(H,25,30). The summed E-state index contributed by atoms with van der Waals surface area (Å²) in [5.74, 6) is -0.121. The Morgan fingerprint density at radius 2 is 1.71 bits per heavy atom. The molecule has 2 aromatic heterocycles. The van der Waals surface area contributed by atoms with Crippen molar-refractivity contribution in [1.82, 2.24) is 24.3 Å². The fourth-order valence-electron chi connectivity index (χ4n) is 4.72. The minimum absolute atomic E-state index is 0.0903. The fraction of sp³-hybridized carbons (Fsp3) is 0.500. The molecule has 1 N–H and O–H groups in total. The van der Waals surface area contributed by atoms with Crippen LogP contribution in [0.15, 0.2) is 35.3 Å². The molecule has 1 amide bonds. The Morgan fingerprint density at radius 1 is 1.03 bits per heavy atom. The van der Waals surface area contributed by atoms with E-state index in [0.717, 1.165) is 55.4 Å². The summed E-state index contributed by atoms with van der Waals surface area (Å²) in [5, 5.41) is 4.76. The van der Waals surface area contributed by atoms with Gasteiger partial charge in [-0.05, 0) is 32.0 Å². The first-order chi connectivity index (χ1) is 15.0. The number of para-hydroxylation sites is 1. The lowest BCUT2D eigenvalue weighted by Gasteiger charge is -2.34. The zero-order valence-electron chi connectivity index (χ0n) is 18.9. The SMILES string of the molecule is CCCN1CCN(CCCNC(=O)c2cn(C)c(=O)c3c2c2ccccc2n3C)CC1. The van der Waals surface area contributed by atoms with Crippen molar-refractivity contribution >= 4 is 27.7 Å². The van der Waals surface area contributed by atoms with E-state index in [-0.39, 0.29) is 11.5 Å². The van der Waals surface area contributed by atoms with Crippen molar-refractivity contribution in [3.63, 3.8) is 0 Å². The summed E-state index contributed by atoms with van der Waals surface area (Å²) >= 11 is 0. The number of nitrogens with zero attached hydrogens (tertiary/aromatic N) is 4. The van der Waals surface area contributed by atoms with Crippen LogP contribution in [-0.4, -0.2) is 70.7 Å². The van der Waals surface area contributed by atoms with Crippen LogP contribution in [0.4, 0.5) is 0 Å². The minimum Gasteiger partial charge on any atom is -0.352 e. The second kappa shape index (κ2) is 9.24. The van der Waals surface area contributed by atoms with Gasteiger partial charge in [-0.2, -0.15) is 0 Å². The van der Waals surface area contributed by atoms with Gasteiger partial charge in [0.1, 0.15) is 5.52 Å². The highest BCUT2D eigenvalue weighted by Crippen LogP contribution is 2.28. The lowest BCUT2D eigenvalue weighted by molar-refractivity contribution is 0.0949. The van der Waals surface area contributed by atoms with E-state index in [1.54, 1.807) is 13.2 Å². The van der Waals surface area contributed by atoms with Gasteiger partial charge in [0, 0.05) is 69.3 Å². The van der Waals surface area contributed by atoms with Crippen LogP contribution in [0.25, 0.3) is 21.8 Å². The number of aromatic nitrogens is 2. The summed E-state index contributed by atoms with van der Waals surface area (Å²) < 4.78 is 3.40. The van der Waals surface area contributed by atoms with Gasteiger partial charge in [0.25, 0.3) is 11.5 Å². The number of benzene rings is 1. The van der Waals surface area contributed by atoms with E-state index >= 15 is 0 Å². The molecule has 1 fully saturated rings. The molecule has 0 bridgehead atoms. The quantitative estimate of drug-likeness (QED) is 0.592. The lowest BCUT2D eigenvalue weighted by atomic mass is 10.1. The van der Waals surface area contributed by atoms with Crippen molar-refractivity contribution in [1.29, 1.82) is 0 Å². The molecule has 1 aliphatic heterocycles. The number of hydrogen-bond acceptors (Lipinski definition) is 4. The summed E-state index contributed by atoms with van der Waals surface area (Å²) in [6.45, 7) is 9.52. The smallest absolute Gasteiger partial charge is 0.274 e. The molecule has 0 saturated carbocycles. The fourth-order valence-corrected chi connectivity index (χ4v) is 4.72. The van der Waals surface area contributed by atoms with E-state index in [9.17, 15) is 9.59 Å². The van der Waals surface area contributed by atoms with Gasteiger partial charge in [-0.25, -0.2) is 0 Å². The molecule has 1 saturated heterocycles. The number of carbonyl (C=O) groups is 1. The normalized spacial score (nSPS) is 15.7. The highest BCUT2D eigenvalue weighted by molar-refractivity contribution is 6.17. The minimum atomic E-state index is -0.121. The summed E-state index contributed by atoms with van der Waals surface area (Å²) in [4.78, 5) is 30.9. The van der Waals surface area contributed by atoms with Gasteiger partial charge in [0.05, 0.1) is 5.56 Å². The third-order valence-corrected chi connectivity index (χ3v) is 6.41. The van der Waals surface area contributed by atoms with E-state index in [1.165, 1.54) is 17.5 Å². The molecule has 3 heterocycles. The number of hydrogen-bond donors (Lipinski definition) is 1. The van der Waals surface area contributed by atoms with Crippen LogP contribution in [-0.2, 0) is 14.1 Å². The average molecular weight is 424 g/mol. The molecule has 0 atom stereocenters. The molecule has 31 heavy (non-hydrogen) atoms. The molecular formula is C24H33N5O2. The Hall–Kier alpha value is -2.64. The van der Waals surface area contributed by atoms with Gasteiger partial charge in [-0.15, -0.1) is 0 Å². The Labute approximate surface area is 183 Å². The van der Waals surface area contributed by atoms with Crippen LogP contribution in [0.5, 0.6) is 0 Å². The van der Waals surface area contributed by atoms with Crippen molar-refractivity contribution in [2.24, 2.45) is 14.1 Å². The van der Waals surface area contributed by atoms with E-state index < -0.39 is 0 Å². The molecule has 0 aliphatic carbocycles. The van der Waals surface area contributed by atoms with Gasteiger partial charge in [-0.1, -0.05) is 25.1 Å².